The number of halogens is 1. The molecule has 0 saturated carbocycles. The first kappa shape index (κ1) is 16.8. The molecule has 3 rings (SSSR count). The normalized spacial score (nSPS) is 10.3. The van der Waals surface area contributed by atoms with Crippen molar-refractivity contribution in [2.45, 2.75) is 13.2 Å². The molecule has 0 spiro atoms. The maximum absolute atomic E-state index is 13.7. The first-order chi connectivity index (χ1) is 12.3. The van der Waals surface area contributed by atoms with Crippen molar-refractivity contribution in [3.63, 3.8) is 0 Å². The maximum Gasteiger partial charge on any atom is 0.161 e. The van der Waals surface area contributed by atoms with Gasteiger partial charge in [-0.1, -0.05) is 30.3 Å². The molecule has 0 aliphatic heterocycles. The molecule has 0 radical (unpaired) electrons. The van der Waals surface area contributed by atoms with Crippen molar-refractivity contribution in [2.75, 3.05) is 12.4 Å². The summed E-state index contributed by atoms with van der Waals surface area (Å²) in [6.07, 6.45) is 1.74. The van der Waals surface area contributed by atoms with E-state index in [1.165, 1.54) is 6.07 Å². The molecule has 5 heteroatoms. The summed E-state index contributed by atoms with van der Waals surface area (Å²) < 4.78 is 24.8. The summed E-state index contributed by atoms with van der Waals surface area (Å²) in [4.78, 5) is 4.22. The number of anilines is 1. The lowest BCUT2D eigenvalue weighted by Gasteiger charge is -2.13. The van der Waals surface area contributed by atoms with Crippen LogP contribution in [0.15, 0.2) is 66.9 Å². The van der Waals surface area contributed by atoms with Gasteiger partial charge >= 0.3 is 0 Å². The molecule has 0 unspecified atom stereocenters. The first-order valence-corrected chi connectivity index (χ1v) is 7.94. The van der Waals surface area contributed by atoms with Gasteiger partial charge in [0.25, 0.3) is 0 Å². The largest absolute Gasteiger partial charge is 0.493 e. The van der Waals surface area contributed by atoms with E-state index in [1.807, 2.05) is 36.4 Å². The van der Waals surface area contributed by atoms with Crippen LogP contribution in [0.4, 0.5) is 10.2 Å². The van der Waals surface area contributed by atoms with Crippen molar-refractivity contribution in [1.29, 1.82) is 0 Å². The molecule has 1 N–H and O–H groups in total. The molecule has 4 nitrogen and oxygen atoms in total. The van der Waals surface area contributed by atoms with Gasteiger partial charge in [-0.2, -0.15) is 0 Å². The van der Waals surface area contributed by atoms with E-state index in [0.29, 0.717) is 23.6 Å². The van der Waals surface area contributed by atoms with E-state index in [-0.39, 0.29) is 12.4 Å². The third-order valence-electron chi connectivity index (χ3n) is 3.71. The zero-order chi connectivity index (χ0) is 17.5. The van der Waals surface area contributed by atoms with Gasteiger partial charge in [-0.05, 0) is 35.9 Å². The van der Waals surface area contributed by atoms with Gasteiger partial charge in [-0.15, -0.1) is 0 Å². The van der Waals surface area contributed by atoms with Gasteiger partial charge in [-0.25, -0.2) is 9.37 Å². The molecule has 1 aromatic heterocycles. The molecular formula is C20H19FN2O2. The minimum Gasteiger partial charge on any atom is -0.493 e. The highest BCUT2D eigenvalue weighted by Crippen LogP contribution is 2.29. The molecular weight excluding hydrogens is 319 g/mol. The van der Waals surface area contributed by atoms with Crippen molar-refractivity contribution in [1.82, 2.24) is 4.98 Å². The standard InChI is InChI=1S/C20H19FN2O2/c1-24-19-12-15(13-23-20-8-4-5-11-22-20)9-10-18(19)25-14-16-6-2-3-7-17(16)21/h2-12H,13-14H2,1H3,(H,22,23). The van der Waals surface area contributed by atoms with Gasteiger partial charge in [0.2, 0.25) is 0 Å². The van der Waals surface area contributed by atoms with E-state index < -0.39 is 0 Å². The second-order valence-corrected chi connectivity index (χ2v) is 5.43. The lowest BCUT2D eigenvalue weighted by atomic mass is 10.2. The van der Waals surface area contributed by atoms with Crippen molar-refractivity contribution in [2.24, 2.45) is 0 Å². The fraction of sp³-hybridized carbons (Fsp3) is 0.150. The zero-order valence-electron chi connectivity index (χ0n) is 13.9. The Kier molecular flexibility index (Phi) is 5.46. The number of hydrogen-bond acceptors (Lipinski definition) is 4. The summed E-state index contributed by atoms with van der Waals surface area (Å²) in [5, 5.41) is 3.24. The molecule has 0 atom stereocenters. The number of rotatable bonds is 7. The van der Waals surface area contributed by atoms with Crippen LogP contribution >= 0.6 is 0 Å². The average molecular weight is 338 g/mol. The molecule has 0 aliphatic carbocycles. The Balaban J connectivity index is 1.66. The number of pyridine rings is 1. The van der Waals surface area contributed by atoms with Crippen LogP contribution in [0.3, 0.4) is 0 Å². The molecule has 0 aliphatic rings. The summed E-state index contributed by atoms with van der Waals surface area (Å²) in [6.45, 7) is 0.759. The molecule has 0 amide bonds. The number of aromatic nitrogens is 1. The SMILES string of the molecule is COc1cc(CNc2ccccn2)ccc1OCc1ccccc1F. The van der Waals surface area contributed by atoms with Crippen LogP contribution in [0.5, 0.6) is 11.5 Å². The fourth-order valence-electron chi connectivity index (χ4n) is 2.37. The molecule has 0 fully saturated rings. The summed E-state index contributed by atoms with van der Waals surface area (Å²) in [5.74, 6) is 1.71. The highest BCUT2D eigenvalue weighted by atomic mass is 19.1. The van der Waals surface area contributed by atoms with Crippen LogP contribution < -0.4 is 14.8 Å². The second-order valence-electron chi connectivity index (χ2n) is 5.43. The highest BCUT2D eigenvalue weighted by molar-refractivity contribution is 5.44. The van der Waals surface area contributed by atoms with Crippen LogP contribution in [0.1, 0.15) is 11.1 Å². The molecule has 2 aromatic carbocycles. The number of hydrogen-bond donors (Lipinski definition) is 1. The average Bonchev–Trinajstić information content (AvgIpc) is 2.67. The summed E-state index contributed by atoms with van der Waals surface area (Å²) in [7, 11) is 1.58. The van der Waals surface area contributed by atoms with Gasteiger partial charge in [0.15, 0.2) is 11.5 Å². The Morgan fingerprint density at radius 1 is 1.00 bits per heavy atom. The number of methoxy groups -OCH3 is 1. The monoisotopic (exact) mass is 338 g/mol. The summed E-state index contributed by atoms with van der Waals surface area (Å²) in [6, 6.07) is 17.9. The maximum atomic E-state index is 13.7. The zero-order valence-corrected chi connectivity index (χ0v) is 13.9. The third kappa shape index (κ3) is 4.47. The first-order valence-electron chi connectivity index (χ1n) is 7.94. The summed E-state index contributed by atoms with van der Waals surface area (Å²) >= 11 is 0. The Hall–Kier alpha value is -3.08. The van der Waals surface area contributed by atoms with Crippen molar-refractivity contribution in [3.05, 3.63) is 83.8 Å². The van der Waals surface area contributed by atoms with Crippen molar-refractivity contribution < 1.29 is 13.9 Å². The molecule has 0 bridgehead atoms. The lowest BCUT2D eigenvalue weighted by molar-refractivity contribution is 0.279. The smallest absolute Gasteiger partial charge is 0.161 e. The van der Waals surface area contributed by atoms with Crippen LogP contribution in [-0.2, 0) is 13.2 Å². The number of benzene rings is 2. The Bertz CT molecular complexity index is 825. The van der Waals surface area contributed by atoms with Gasteiger partial charge in [0.1, 0.15) is 18.2 Å². The van der Waals surface area contributed by atoms with Gasteiger partial charge in [0.05, 0.1) is 7.11 Å². The van der Waals surface area contributed by atoms with E-state index in [0.717, 1.165) is 11.4 Å². The topological polar surface area (TPSA) is 43.4 Å². The molecule has 128 valence electrons. The number of nitrogens with one attached hydrogen (secondary N) is 1. The Morgan fingerprint density at radius 3 is 2.60 bits per heavy atom. The molecule has 1 heterocycles. The second kappa shape index (κ2) is 8.15. The van der Waals surface area contributed by atoms with E-state index in [1.54, 1.807) is 31.5 Å². The number of ether oxygens (including phenoxy) is 2. The highest BCUT2D eigenvalue weighted by Gasteiger charge is 2.08. The van der Waals surface area contributed by atoms with E-state index in [4.69, 9.17) is 9.47 Å². The fourth-order valence-corrected chi connectivity index (χ4v) is 2.37. The van der Waals surface area contributed by atoms with E-state index in [2.05, 4.69) is 10.3 Å². The van der Waals surface area contributed by atoms with Crippen LogP contribution in [-0.4, -0.2) is 12.1 Å². The van der Waals surface area contributed by atoms with Crippen LogP contribution in [0.2, 0.25) is 0 Å². The minimum atomic E-state index is -0.280. The minimum absolute atomic E-state index is 0.147. The van der Waals surface area contributed by atoms with E-state index >= 15 is 0 Å². The van der Waals surface area contributed by atoms with Crippen LogP contribution in [0.25, 0.3) is 0 Å². The molecule has 0 saturated heterocycles. The lowest BCUT2D eigenvalue weighted by Crippen LogP contribution is -2.03. The molecule has 25 heavy (non-hydrogen) atoms. The quantitative estimate of drug-likeness (QED) is 0.692. The third-order valence-corrected chi connectivity index (χ3v) is 3.71. The van der Waals surface area contributed by atoms with Crippen molar-refractivity contribution >= 4 is 5.82 Å². The summed E-state index contributed by atoms with van der Waals surface area (Å²) in [5.41, 5.74) is 1.53. The molecule has 3 aromatic rings. The van der Waals surface area contributed by atoms with Crippen molar-refractivity contribution in [3.8, 4) is 11.5 Å². The Morgan fingerprint density at radius 2 is 1.84 bits per heavy atom. The van der Waals surface area contributed by atoms with Gasteiger partial charge < -0.3 is 14.8 Å². The number of nitrogens with zero attached hydrogens (tertiary/aromatic N) is 1. The predicted octanol–water partition coefficient (Wildman–Crippen LogP) is 4.42. The van der Waals surface area contributed by atoms with Crippen LogP contribution in [0, 0.1) is 5.82 Å². The van der Waals surface area contributed by atoms with E-state index in [9.17, 15) is 4.39 Å². The Labute approximate surface area is 146 Å². The van der Waals surface area contributed by atoms with Gasteiger partial charge in [0, 0.05) is 18.3 Å². The van der Waals surface area contributed by atoms with Gasteiger partial charge in [-0.3, -0.25) is 0 Å². The predicted molar refractivity (Wildman–Crippen MR) is 95.3 cm³/mol.